The summed E-state index contributed by atoms with van der Waals surface area (Å²) in [6.45, 7) is 4.33. The van der Waals surface area contributed by atoms with Crippen LogP contribution in [0.25, 0.3) is 0 Å². The average molecular weight is 231 g/mol. The van der Waals surface area contributed by atoms with Crippen molar-refractivity contribution in [2.45, 2.75) is 38.1 Å². The standard InChI is InChI=1S/C15H21NO/c1-11-8-14(13-6-4-3-5-7-13)15(16,10-17)9-12(11)2/h3-7,14,17H,8-10,16H2,1-2H3. The van der Waals surface area contributed by atoms with Gasteiger partial charge in [-0.3, -0.25) is 0 Å². The molecule has 0 aromatic heterocycles. The highest BCUT2D eigenvalue weighted by atomic mass is 16.3. The lowest BCUT2D eigenvalue weighted by molar-refractivity contribution is 0.162. The van der Waals surface area contributed by atoms with Crippen molar-refractivity contribution < 1.29 is 5.11 Å². The van der Waals surface area contributed by atoms with Gasteiger partial charge in [0.15, 0.2) is 0 Å². The van der Waals surface area contributed by atoms with E-state index in [-0.39, 0.29) is 12.5 Å². The Kier molecular flexibility index (Phi) is 3.36. The molecule has 0 aliphatic heterocycles. The van der Waals surface area contributed by atoms with E-state index in [9.17, 15) is 5.11 Å². The normalized spacial score (nSPS) is 29.5. The van der Waals surface area contributed by atoms with E-state index in [4.69, 9.17) is 5.73 Å². The van der Waals surface area contributed by atoms with E-state index in [0.29, 0.717) is 0 Å². The van der Waals surface area contributed by atoms with Gasteiger partial charge in [-0.2, -0.15) is 0 Å². The fourth-order valence-corrected chi connectivity index (χ4v) is 2.75. The molecule has 1 aliphatic rings. The minimum absolute atomic E-state index is 0.0389. The minimum Gasteiger partial charge on any atom is -0.394 e. The molecule has 0 radical (unpaired) electrons. The summed E-state index contributed by atoms with van der Waals surface area (Å²) in [5.41, 5.74) is 9.86. The first kappa shape index (κ1) is 12.3. The van der Waals surface area contributed by atoms with E-state index < -0.39 is 5.54 Å². The quantitative estimate of drug-likeness (QED) is 0.768. The summed E-state index contributed by atoms with van der Waals surface area (Å²) in [5.74, 6) is 0.220. The molecule has 0 amide bonds. The molecule has 0 bridgehead atoms. The van der Waals surface area contributed by atoms with E-state index in [1.54, 1.807) is 0 Å². The zero-order valence-corrected chi connectivity index (χ0v) is 10.6. The van der Waals surface area contributed by atoms with Gasteiger partial charge in [0.05, 0.1) is 6.61 Å². The molecule has 17 heavy (non-hydrogen) atoms. The van der Waals surface area contributed by atoms with Gasteiger partial charge in [-0.05, 0) is 32.3 Å². The van der Waals surface area contributed by atoms with Crippen molar-refractivity contribution in [2.75, 3.05) is 6.61 Å². The predicted molar refractivity (Wildman–Crippen MR) is 70.8 cm³/mol. The molecule has 3 N–H and O–H groups in total. The molecule has 92 valence electrons. The van der Waals surface area contributed by atoms with Gasteiger partial charge in [0, 0.05) is 11.5 Å². The second-order valence-corrected chi connectivity index (χ2v) is 5.30. The van der Waals surface area contributed by atoms with E-state index in [1.807, 2.05) is 18.2 Å². The minimum atomic E-state index is -0.509. The number of hydrogen-bond donors (Lipinski definition) is 2. The fraction of sp³-hybridized carbons (Fsp3) is 0.467. The lowest BCUT2D eigenvalue weighted by Gasteiger charge is -2.41. The molecule has 1 aromatic carbocycles. The van der Waals surface area contributed by atoms with E-state index in [2.05, 4.69) is 26.0 Å². The number of benzene rings is 1. The fourth-order valence-electron chi connectivity index (χ4n) is 2.75. The third-order valence-electron chi connectivity index (χ3n) is 4.02. The maximum absolute atomic E-state index is 9.64. The molecule has 0 saturated heterocycles. The summed E-state index contributed by atoms with van der Waals surface area (Å²) in [7, 11) is 0. The zero-order chi connectivity index (χ0) is 12.5. The molecule has 2 atom stereocenters. The monoisotopic (exact) mass is 231 g/mol. The predicted octanol–water partition coefficient (Wildman–Crippen LogP) is 2.59. The van der Waals surface area contributed by atoms with Gasteiger partial charge in [0.2, 0.25) is 0 Å². The average Bonchev–Trinajstić information content (AvgIpc) is 2.35. The largest absolute Gasteiger partial charge is 0.394 e. The van der Waals surface area contributed by atoms with Crippen molar-refractivity contribution >= 4 is 0 Å². The second-order valence-electron chi connectivity index (χ2n) is 5.30. The number of hydrogen-bond acceptors (Lipinski definition) is 2. The Morgan fingerprint density at radius 1 is 1.24 bits per heavy atom. The Bertz CT molecular complexity index is 424. The van der Waals surface area contributed by atoms with Crippen LogP contribution in [0.5, 0.6) is 0 Å². The van der Waals surface area contributed by atoms with Crippen molar-refractivity contribution in [3.05, 3.63) is 47.0 Å². The van der Waals surface area contributed by atoms with Crippen molar-refractivity contribution in [3.8, 4) is 0 Å². The molecule has 2 unspecified atom stereocenters. The maximum Gasteiger partial charge on any atom is 0.0620 e. The van der Waals surface area contributed by atoms with Gasteiger partial charge in [-0.25, -0.2) is 0 Å². The Hall–Kier alpha value is -1.12. The summed E-state index contributed by atoms with van der Waals surface area (Å²) in [5, 5.41) is 9.64. The molecule has 1 aromatic rings. The number of allylic oxidation sites excluding steroid dienone is 1. The van der Waals surface area contributed by atoms with Crippen LogP contribution < -0.4 is 5.73 Å². The van der Waals surface area contributed by atoms with E-state index >= 15 is 0 Å². The van der Waals surface area contributed by atoms with Gasteiger partial charge in [-0.15, -0.1) is 0 Å². The molecular weight excluding hydrogens is 210 g/mol. The number of aliphatic hydroxyl groups excluding tert-OH is 1. The first-order valence-corrected chi connectivity index (χ1v) is 6.17. The van der Waals surface area contributed by atoms with Gasteiger partial charge in [-0.1, -0.05) is 41.5 Å². The van der Waals surface area contributed by atoms with Crippen molar-refractivity contribution in [1.29, 1.82) is 0 Å². The summed E-state index contributed by atoms with van der Waals surface area (Å²) in [6, 6.07) is 10.3. The Labute approximate surface area is 103 Å². The third-order valence-corrected chi connectivity index (χ3v) is 4.02. The van der Waals surface area contributed by atoms with Crippen molar-refractivity contribution in [1.82, 2.24) is 0 Å². The Balaban J connectivity index is 2.39. The summed E-state index contributed by atoms with van der Waals surface area (Å²) in [4.78, 5) is 0. The van der Waals surface area contributed by atoms with Gasteiger partial charge < -0.3 is 10.8 Å². The SMILES string of the molecule is CC1=C(C)CC(N)(CO)C(c2ccccc2)C1. The first-order chi connectivity index (χ1) is 8.07. The highest BCUT2D eigenvalue weighted by Gasteiger charge is 2.38. The van der Waals surface area contributed by atoms with Gasteiger partial charge in [0.1, 0.15) is 0 Å². The van der Waals surface area contributed by atoms with Crippen LogP contribution in [0.1, 0.15) is 38.2 Å². The van der Waals surface area contributed by atoms with Crippen LogP contribution >= 0.6 is 0 Å². The molecule has 1 aliphatic carbocycles. The smallest absolute Gasteiger partial charge is 0.0620 e. The molecule has 0 fully saturated rings. The summed E-state index contributed by atoms with van der Waals surface area (Å²) in [6.07, 6.45) is 1.74. The van der Waals surface area contributed by atoms with Crippen LogP contribution in [0.4, 0.5) is 0 Å². The van der Waals surface area contributed by atoms with Crippen LogP contribution in [0.15, 0.2) is 41.5 Å². The molecule has 0 spiro atoms. The lowest BCUT2D eigenvalue weighted by Crippen LogP contribution is -2.51. The highest BCUT2D eigenvalue weighted by Crippen LogP contribution is 2.41. The third kappa shape index (κ3) is 2.28. The molecule has 0 heterocycles. The van der Waals surface area contributed by atoms with Crippen LogP contribution in [-0.4, -0.2) is 17.3 Å². The van der Waals surface area contributed by atoms with Crippen LogP contribution in [0.3, 0.4) is 0 Å². The molecule has 2 nitrogen and oxygen atoms in total. The number of nitrogens with two attached hydrogens (primary N) is 1. The van der Waals surface area contributed by atoms with Gasteiger partial charge in [0.25, 0.3) is 0 Å². The van der Waals surface area contributed by atoms with Crippen molar-refractivity contribution in [2.24, 2.45) is 5.73 Å². The van der Waals surface area contributed by atoms with Crippen LogP contribution in [0.2, 0.25) is 0 Å². The van der Waals surface area contributed by atoms with Gasteiger partial charge >= 0.3 is 0 Å². The topological polar surface area (TPSA) is 46.2 Å². The van der Waals surface area contributed by atoms with E-state index in [0.717, 1.165) is 12.8 Å². The number of rotatable bonds is 2. The zero-order valence-electron chi connectivity index (χ0n) is 10.6. The molecule has 0 saturated carbocycles. The Morgan fingerprint density at radius 2 is 1.88 bits per heavy atom. The highest BCUT2D eigenvalue weighted by molar-refractivity contribution is 5.32. The lowest BCUT2D eigenvalue weighted by atomic mass is 9.69. The molecule has 2 rings (SSSR count). The summed E-state index contributed by atoms with van der Waals surface area (Å²) >= 11 is 0. The van der Waals surface area contributed by atoms with Crippen LogP contribution in [0, 0.1) is 0 Å². The van der Waals surface area contributed by atoms with Crippen molar-refractivity contribution in [3.63, 3.8) is 0 Å². The van der Waals surface area contributed by atoms with Crippen LogP contribution in [-0.2, 0) is 0 Å². The second kappa shape index (κ2) is 4.63. The molecule has 2 heteroatoms. The summed E-state index contributed by atoms with van der Waals surface area (Å²) < 4.78 is 0. The van der Waals surface area contributed by atoms with E-state index in [1.165, 1.54) is 16.7 Å². The number of aliphatic hydroxyl groups is 1. The first-order valence-electron chi connectivity index (χ1n) is 6.17. The Morgan fingerprint density at radius 3 is 2.47 bits per heavy atom. The molecular formula is C15H21NO. The maximum atomic E-state index is 9.64.